The molecule has 10 heteroatoms. The summed E-state index contributed by atoms with van der Waals surface area (Å²) >= 11 is 0. The van der Waals surface area contributed by atoms with E-state index in [9.17, 15) is 28.8 Å². The summed E-state index contributed by atoms with van der Waals surface area (Å²) in [5, 5.41) is 0. The molecule has 0 unspecified atom stereocenters. The summed E-state index contributed by atoms with van der Waals surface area (Å²) in [6.45, 7) is 4.05. The minimum absolute atomic E-state index is 0.182. The molecule has 0 saturated carbocycles. The van der Waals surface area contributed by atoms with Gasteiger partial charge in [-0.3, -0.25) is 19.2 Å². The minimum Gasteiger partial charge on any atom is -0.423 e. The third kappa shape index (κ3) is 6.12. The van der Waals surface area contributed by atoms with Crippen LogP contribution in [0.2, 0.25) is 0 Å². The lowest BCUT2D eigenvalue weighted by Crippen LogP contribution is -2.29. The van der Waals surface area contributed by atoms with Gasteiger partial charge in [0.15, 0.2) is 0 Å². The molecule has 2 aliphatic heterocycles. The highest BCUT2D eigenvalue weighted by molar-refractivity contribution is 6.29. The molecule has 10 nitrogen and oxygen atoms in total. The van der Waals surface area contributed by atoms with Crippen LogP contribution in [0, 0.1) is 0 Å². The normalized spacial score (nSPS) is 14.3. The smallest absolute Gasteiger partial charge is 0.343 e. The molecule has 0 saturated heterocycles. The average molecular weight is 627 g/mol. The van der Waals surface area contributed by atoms with Crippen molar-refractivity contribution in [2.45, 2.75) is 19.3 Å². The standard InChI is InChI=1S/C37H26N2O8/c1-37(2,25-9-13-29(14-10-25)46-35(44)23-5-3-7-27(21-23)38-31(40)17-18-32(38)41)26-11-15-30(16-12-26)47-36(45)24-6-4-8-28(22-24)39-33(42)19-20-34(39)43/h3-22H,1-2H3. The summed E-state index contributed by atoms with van der Waals surface area (Å²) in [6.07, 6.45) is 4.69. The van der Waals surface area contributed by atoms with Crippen molar-refractivity contribution < 1.29 is 38.2 Å². The van der Waals surface area contributed by atoms with Gasteiger partial charge in [-0.05, 0) is 71.8 Å². The number of esters is 2. The zero-order valence-corrected chi connectivity index (χ0v) is 25.2. The fourth-order valence-electron chi connectivity index (χ4n) is 5.23. The van der Waals surface area contributed by atoms with E-state index in [1.165, 1.54) is 48.6 Å². The summed E-state index contributed by atoms with van der Waals surface area (Å²) in [6, 6.07) is 26.3. The Labute approximate surface area is 269 Å². The van der Waals surface area contributed by atoms with Crippen LogP contribution >= 0.6 is 0 Å². The first-order valence-corrected chi connectivity index (χ1v) is 14.5. The number of carbonyl (C=O) groups is 6. The third-order valence-corrected chi connectivity index (χ3v) is 7.87. The van der Waals surface area contributed by atoms with E-state index in [4.69, 9.17) is 9.47 Å². The second-order valence-corrected chi connectivity index (χ2v) is 11.2. The van der Waals surface area contributed by atoms with E-state index in [1.54, 1.807) is 48.5 Å². The predicted octanol–water partition coefficient (Wildman–Crippen LogP) is 5.31. The van der Waals surface area contributed by atoms with Crippen LogP contribution in [-0.2, 0) is 24.6 Å². The second kappa shape index (κ2) is 12.2. The van der Waals surface area contributed by atoms with Gasteiger partial charge in [0.1, 0.15) is 11.5 Å². The highest BCUT2D eigenvalue weighted by atomic mass is 16.5. The number of rotatable bonds is 8. The van der Waals surface area contributed by atoms with Crippen LogP contribution in [0.15, 0.2) is 121 Å². The number of ether oxygens (including phenoxy) is 2. The molecule has 0 spiro atoms. The van der Waals surface area contributed by atoms with Gasteiger partial charge in [-0.25, -0.2) is 19.4 Å². The zero-order valence-electron chi connectivity index (χ0n) is 25.2. The maximum atomic E-state index is 12.9. The first-order chi connectivity index (χ1) is 22.5. The van der Waals surface area contributed by atoms with Crippen LogP contribution < -0.4 is 19.3 Å². The van der Waals surface area contributed by atoms with Gasteiger partial charge in [0, 0.05) is 29.7 Å². The molecule has 0 bridgehead atoms. The van der Waals surface area contributed by atoms with Crippen molar-refractivity contribution in [2.75, 3.05) is 9.80 Å². The lowest BCUT2D eigenvalue weighted by molar-refractivity contribution is -0.121. The molecular formula is C37H26N2O8. The van der Waals surface area contributed by atoms with Gasteiger partial charge < -0.3 is 9.47 Å². The highest BCUT2D eigenvalue weighted by Gasteiger charge is 2.28. The molecule has 0 fully saturated rings. The number of anilines is 2. The number of benzene rings is 4. The lowest BCUT2D eigenvalue weighted by atomic mass is 9.78. The summed E-state index contributed by atoms with van der Waals surface area (Å²) in [4.78, 5) is 75.7. The molecule has 2 heterocycles. The largest absolute Gasteiger partial charge is 0.423 e. The van der Waals surface area contributed by atoms with Crippen LogP contribution in [-0.4, -0.2) is 35.6 Å². The quantitative estimate of drug-likeness (QED) is 0.146. The minimum atomic E-state index is -0.641. The molecule has 0 N–H and O–H groups in total. The highest BCUT2D eigenvalue weighted by Crippen LogP contribution is 2.34. The van der Waals surface area contributed by atoms with Crippen molar-refractivity contribution in [1.82, 2.24) is 0 Å². The van der Waals surface area contributed by atoms with Crippen molar-refractivity contribution in [3.63, 3.8) is 0 Å². The van der Waals surface area contributed by atoms with Crippen LogP contribution in [0.25, 0.3) is 0 Å². The van der Waals surface area contributed by atoms with Crippen LogP contribution in [0.5, 0.6) is 11.5 Å². The number of hydrogen-bond acceptors (Lipinski definition) is 8. The molecule has 4 aromatic carbocycles. The molecule has 0 aliphatic carbocycles. The monoisotopic (exact) mass is 626 g/mol. The van der Waals surface area contributed by atoms with Crippen LogP contribution in [0.3, 0.4) is 0 Å². The van der Waals surface area contributed by atoms with E-state index in [0.717, 1.165) is 20.9 Å². The van der Waals surface area contributed by atoms with Crippen molar-refractivity contribution in [2.24, 2.45) is 0 Å². The summed E-state index contributed by atoms with van der Waals surface area (Å²) in [5.74, 6) is -2.57. The maximum Gasteiger partial charge on any atom is 0.343 e. The molecule has 0 aromatic heterocycles. The average Bonchev–Trinajstić information content (AvgIpc) is 3.59. The Morgan fingerprint density at radius 3 is 1.19 bits per heavy atom. The second-order valence-electron chi connectivity index (χ2n) is 11.2. The Hall–Kier alpha value is -6.42. The van der Waals surface area contributed by atoms with Crippen LogP contribution in [0.4, 0.5) is 11.4 Å². The summed E-state index contributed by atoms with van der Waals surface area (Å²) in [7, 11) is 0. The van der Waals surface area contributed by atoms with Gasteiger partial charge >= 0.3 is 11.9 Å². The molecule has 4 amide bonds. The molecule has 0 atom stereocenters. The molecule has 0 radical (unpaired) electrons. The molecule has 4 aromatic rings. The Bertz CT molecular complexity index is 1840. The molecular weight excluding hydrogens is 600 g/mol. The number of hydrogen-bond donors (Lipinski definition) is 0. The maximum absolute atomic E-state index is 12.9. The van der Waals surface area contributed by atoms with Crippen LogP contribution in [0.1, 0.15) is 45.7 Å². The molecule has 232 valence electrons. The topological polar surface area (TPSA) is 127 Å². The number of imide groups is 2. The van der Waals surface area contributed by atoms with Crippen molar-refractivity contribution in [3.8, 4) is 11.5 Å². The van der Waals surface area contributed by atoms with E-state index >= 15 is 0 Å². The lowest BCUT2D eigenvalue weighted by Gasteiger charge is -2.26. The van der Waals surface area contributed by atoms with Crippen molar-refractivity contribution in [3.05, 3.63) is 144 Å². The predicted molar refractivity (Wildman–Crippen MR) is 171 cm³/mol. The Balaban J connectivity index is 1.10. The van der Waals surface area contributed by atoms with Gasteiger partial charge in [0.25, 0.3) is 23.6 Å². The van der Waals surface area contributed by atoms with Gasteiger partial charge in [-0.2, -0.15) is 0 Å². The van der Waals surface area contributed by atoms with Gasteiger partial charge in [0.05, 0.1) is 22.5 Å². The molecule has 6 rings (SSSR count). The third-order valence-electron chi connectivity index (χ3n) is 7.87. The van der Waals surface area contributed by atoms with E-state index < -0.39 is 41.0 Å². The molecule has 2 aliphatic rings. The van der Waals surface area contributed by atoms with E-state index in [-0.39, 0.29) is 22.5 Å². The fraction of sp³-hybridized carbons (Fsp3) is 0.0811. The molecule has 47 heavy (non-hydrogen) atoms. The van der Waals surface area contributed by atoms with E-state index in [1.807, 2.05) is 38.1 Å². The van der Waals surface area contributed by atoms with Gasteiger partial charge in [-0.1, -0.05) is 50.2 Å². The van der Waals surface area contributed by atoms with Crippen molar-refractivity contribution in [1.29, 1.82) is 0 Å². The van der Waals surface area contributed by atoms with Gasteiger partial charge in [0.2, 0.25) is 0 Å². The fourth-order valence-corrected chi connectivity index (χ4v) is 5.23. The van der Waals surface area contributed by atoms with Crippen molar-refractivity contribution >= 4 is 46.9 Å². The number of amides is 4. The first-order valence-electron chi connectivity index (χ1n) is 14.5. The summed E-state index contributed by atoms with van der Waals surface area (Å²) in [5.41, 5.74) is 2.30. The van der Waals surface area contributed by atoms with E-state index in [0.29, 0.717) is 11.5 Å². The first kappa shape index (κ1) is 30.6. The summed E-state index contributed by atoms with van der Waals surface area (Å²) < 4.78 is 11.1. The van der Waals surface area contributed by atoms with Gasteiger partial charge in [-0.15, -0.1) is 0 Å². The Kier molecular flexibility index (Phi) is 7.92. The number of carbonyl (C=O) groups excluding carboxylic acids is 6. The van der Waals surface area contributed by atoms with E-state index in [2.05, 4.69) is 0 Å². The SMILES string of the molecule is CC(C)(c1ccc(OC(=O)c2cccc(N3C(=O)C=CC3=O)c2)cc1)c1ccc(OC(=O)c2cccc(N3C(=O)C=CC3=O)c2)cc1. The Morgan fingerprint density at radius 2 is 0.851 bits per heavy atom. The Morgan fingerprint density at radius 1 is 0.511 bits per heavy atom. The number of nitrogens with zero attached hydrogens (tertiary/aromatic N) is 2. The zero-order chi connectivity index (χ0) is 33.3.